The number of rotatable bonds is 4. The lowest BCUT2D eigenvalue weighted by atomic mass is 10.1. The average molecular weight is 354 g/mol. The fourth-order valence-corrected chi connectivity index (χ4v) is 2.16. The van der Waals surface area contributed by atoms with Crippen LogP contribution < -0.4 is 5.56 Å². The van der Waals surface area contributed by atoms with Crippen molar-refractivity contribution in [2.24, 2.45) is 0 Å². The highest BCUT2D eigenvalue weighted by Crippen LogP contribution is 2.25. The molecule has 0 aliphatic heterocycles. The number of nitro groups is 2. The molecule has 0 saturated carbocycles. The molecule has 0 spiro atoms. The zero-order chi connectivity index (χ0) is 15.6. The van der Waals surface area contributed by atoms with Crippen molar-refractivity contribution in [1.82, 2.24) is 4.57 Å². The second kappa shape index (κ2) is 5.83. The molecule has 21 heavy (non-hydrogen) atoms. The molecule has 1 aromatic heterocycles. The van der Waals surface area contributed by atoms with Crippen molar-refractivity contribution in [2.45, 2.75) is 6.54 Å². The number of nitrogens with zero attached hydrogens (tertiary/aromatic N) is 3. The van der Waals surface area contributed by atoms with Crippen LogP contribution in [0.3, 0.4) is 0 Å². The molecule has 0 aliphatic carbocycles. The van der Waals surface area contributed by atoms with Crippen LogP contribution in [0.25, 0.3) is 0 Å². The molecule has 9 heteroatoms. The van der Waals surface area contributed by atoms with Crippen molar-refractivity contribution in [3.8, 4) is 0 Å². The van der Waals surface area contributed by atoms with Crippen molar-refractivity contribution >= 4 is 27.3 Å². The molecule has 0 bridgehead atoms. The first-order chi connectivity index (χ1) is 9.88. The Hall–Kier alpha value is -2.55. The van der Waals surface area contributed by atoms with E-state index in [9.17, 15) is 25.0 Å². The normalized spacial score (nSPS) is 10.3. The fourth-order valence-electron chi connectivity index (χ4n) is 1.78. The second-order valence-corrected chi connectivity index (χ2v) is 5.06. The molecule has 0 saturated heterocycles. The van der Waals surface area contributed by atoms with E-state index < -0.39 is 15.5 Å². The lowest BCUT2D eigenvalue weighted by Crippen LogP contribution is -2.19. The second-order valence-electron chi connectivity index (χ2n) is 4.14. The molecule has 0 N–H and O–H groups in total. The van der Waals surface area contributed by atoms with Crippen molar-refractivity contribution in [3.05, 3.63) is 77.1 Å². The molecule has 1 aromatic carbocycles. The van der Waals surface area contributed by atoms with Gasteiger partial charge in [-0.2, -0.15) is 0 Å². The van der Waals surface area contributed by atoms with Gasteiger partial charge in [0.15, 0.2) is 0 Å². The molecule has 0 radical (unpaired) electrons. The van der Waals surface area contributed by atoms with Crippen LogP contribution in [0.2, 0.25) is 0 Å². The summed E-state index contributed by atoms with van der Waals surface area (Å²) in [6, 6.07) is 6.22. The molecular formula is C12H8BrN3O5. The van der Waals surface area contributed by atoms with Crippen molar-refractivity contribution in [2.75, 3.05) is 0 Å². The lowest BCUT2D eigenvalue weighted by Gasteiger charge is -2.06. The van der Waals surface area contributed by atoms with E-state index in [1.54, 1.807) is 6.07 Å². The quantitative estimate of drug-likeness (QED) is 0.619. The molecule has 0 amide bonds. The summed E-state index contributed by atoms with van der Waals surface area (Å²) >= 11 is 3.20. The third-order valence-corrected chi connectivity index (χ3v) is 3.23. The first kappa shape index (κ1) is 14.9. The number of aromatic nitrogens is 1. The number of halogens is 1. The Bertz CT molecular complexity index is 787. The third-order valence-electron chi connectivity index (χ3n) is 2.76. The molecule has 8 nitrogen and oxygen atoms in total. The summed E-state index contributed by atoms with van der Waals surface area (Å²) in [5.41, 5.74) is -0.875. The van der Waals surface area contributed by atoms with Crippen LogP contribution in [0, 0.1) is 20.2 Å². The molecule has 0 atom stereocenters. The van der Waals surface area contributed by atoms with E-state index in [1.807, 2.05) is 0 Å². The minimum atomic E-state index is -0.706. The van der Waals surface area contributed by atoms with Gasteiger partial charge in [0.1, 0.15) is 0 Å². The Morgan fingerprint density at radius 3 is 2.43 bits per heavy atom. The Morgan fingerprint density at radius 2 is 1.81 bits per heavy atom. The highest BCUT2D eigenvalue weighted by molar-refractivity contribution is 9.10. The van der Waals surface area contributed by atoms with Crippen LogP contribution >= 0.6 is 15.9 Å². The van der Waals surface area contributed by atoms with Gasteiger partial charge in [-0.3, -0.25) is 25.0 Å². The Balaban J connectivity index is 2.49. The third kappa shape index (κ3) is 3.31. The Morgan fingerprint density at radius 1 is 1.10 bits per heavy atom. The maximum atomic E-state index is 11.7. The van der Waals surface area contributed by atoms with E-state index in [4.69, 9.17) is 0 Å². The predicted molar refractivity (Wildman–Crippen MR) is 77.3 cm³/mol. The SMILES string of the molecule is O=c1ccc(Br)cn1Cc1ccc([N+](=O)[O-])cc1[N+](=O)[O-]. The van der Waals surface area contributed by atoms with E-state index in [0.717, 1.165) is 6.07 Å². The monoisotopic (exact) mass is 353 g/mol. The van der Waals surface area contributed by atoms with Crippen LogP contribution in [-0.4, -0.2) is 14.4 Å². The van der Waals surface area contributed by atoms with Gasteiger partial charge in [0, 0.05) is 22.8 Å². The van der Waals surface area contributed by atoms with E-state index in [-0.39, 0.29) is 23.4 Å². The van der Waals surface area contributed by atoms with Gasteiger partial charge in [0.05, 0.1) is 28.0 Å². The Kier molecular flexibility index (Phi) is 4.13. The Labute approximate surface area is 126 Å². The maximum absolute atomic E-state index is 11.7. The zero-order valence-electron chi connectivity index (χ0n) is 10.4. The van der Waals surface area contributed by atoms with Gasteiger partial charge in [-0.25, -0.2) is 0 Å². The van der Waals surface area contributed by atoms with Crippen molar-refractivity contribution in [3.63, 3.8) is 0 Å². The summed E-state index contributed by atoms with van der Waals surface area (Å²) in [6.07, 6.45) is 1.49. The summed E-state index contributed by atoms with van der Waals surface area (Å²) in [4.78, 5) is 32.0. The topological polar surface area (TPSA) is 108 Å². The van der Waals surface area contributed by atoms with Gasteiger partial charge in [-0.15, -0.1) is 0 Å². The highest BCUT2D eigenvalue weighted by Gasteiger charge is 2.19. The van der Waals surface area contributed by atoms with Crippen LogP contribution in [0.5, 0.6) is 0 Å². The largest absolute Gasteiger partial charge is 0.310 e. The summed E-state index contributed by atoms with van der Waals surface area (Å²) in [5, 5.41) is 21.7. The van der Waals surface area contributed by atoms with Crippen molar-refractivity contribution < 1.29 is 9.85 Å². The molecule has 2 aromatic rings. The number of hydrogen-bond acceptors (Lipinski definition) is 5. The molecule has 108 valence electrons. The molecule has 0 aliphatic rings. The van der Waals surface area contributed by atoms with E-state index in [1.165, 1.54) is 29.0 Å². The summed E-state index contributed by atoms with van der Waals surface area (Å²) in [6.45, 7) is -0.0490. The molecule has 0 fully saturated rings. The molecule has 0 unspecified atom stereocenters. The first-order valence-electron chi connectivity index (χ1n) is 5.66. The zero-order valence-corrected chi connectivity index (χ0v) is 12.0. The number of non-ortho nitro benzene ring substituents is 1. The molecule has 1 heterocycles. The smallest absolute Gasteiger partial charge is 0.281 e. The summed E-state index contributed by atoms with van der Waals surface area (Å²) < 4.78 is 1.92. The highest BCUT2D eigenvalue weighted by atomic mass is 79.9. The number of pyridine rings is 1. The van der Waals surface area contributed by atoms with Gasteiger partial charge >= 0.3 is 0 Å². The van der Waals surface area contributed by atoms with Gasteiger partial charge in [-0.1, -0.05) is 0 Å². The maximum Gasteiger partial charge on any atom is 0.281 e. The molecular weight excluding hydrogens is 346 g/mol. The van der Waals surface area contributed by atoms with Crippen LogP contribution in [0.4, 0.5) is 11.4 Å². The minimum Gasteiger partial charge on any atom is -0.310 e. The van der Waals surface area contributed by atoms with E-state index in [2.05, 4.69) is 15.9 Å². The molecule has 2 rings (SSSR count). The predicted octanol–water partition coefficient (Wildman–Crippen LogP) is 2.48. The van der Waals surface area contributed by atoms with E-state index >= 15 is 0 Å². The standard InChI is InChI=1S/C12H8BrN3O5/c13-9-2-4-12(17)14(7-9)6-8-1-3-10(15(18)19)5-11(8)16(20)21/h1-5,7H,6H2. The summed E-state index contributed by atoms with van der Waals surface area (Å²) in [5.74, 6) is 0. The van der Waals surface area contributed by atoms with Gasteiger partial charge < -0.3 is 4.57 Å². The fraction of sp³-hybridized carbons (Fsp3) is 0.0833. The summed E-state index contributed by atoms with van der Waals surface area (Å²) in [7, 11) is 0. The van der Waals surface area contributed by atoms with Gasteiger partial charge in [-0.05, 0) is 28.1 Å². The van der Waals surface area contributed by atoms with Crippen LogP contribution in [-0.2, 0) is 6.54 Å². The number of nitro benzene ring substituents is 2. The number of benzene rings is 1. The first-order valence-corrected chi connectivity index (χ1v) is 6.45. The van der Waals surface area contributed by atoms with Crippen LogP contribution in [0.1, 0.15) is 5.56 Å². The minimum absolute atomic E-state index is 0.0490. The van der Waals surface area contributed by atoms with E-state index in [0.29, 0.717) is 4.47 Å². The van der Waals surface area contributed by atoms with Crippen molar-refractivity contribution in [1.29, 1.82) is 0 Å². The number of hydrogen-bond donors (Lipinski definition) is 0. The van der Waals surface area contributed by atoms with Gasteiger partial charge in [0.25, 0.3) is 16.9 Å². The lowest BCUT2D eigenvalue weighted by molar-refractivity contribution is -0.394. The van der Waals surface area contributed by atoms with Crippen LogP contribution in [0.15, 0.2) is 45.8 Å². The van der Waals surface area contributed by atoms with Gasteiger partial charge in [0.2, 0.25) is 0 Å². The average Bonchev–Trinajstić information content (AvgIpc) is 2.42.